The van der Waals surface area contributed by atoms with Crippen LogP contribution >= 0.6 is 0 Å². The van der Waals surface area contributed by atoms with E-state index >= 15 is 0 Å². The number of nitrogens with one attached hydrogen (secondary N) is 2. The molecule has 0 saturated carbocycles. The van der Waals surface area contributed by atoms with E-state index in [1.807, 2.05) is 31.2 Å². The molecule has 2 amide bonds. The molecule has 1 fully saturated rings. The van der Waals surface area contributed by atoms with Gasteiger partial charge < -0.3 is 20.3 Å². The first kappa shape index (κ1) is 24.2. The molecule has 1 aromatic heterocycles. The van der Waals surface area contributed by atoms with Crippen LogP contribution in [0.2, 0.25) is 0 Å². The predicted octanol–water partition coefficient (Wildman–Crippen LogP) is 3.05. The first-order valence-corrected chi connectivity index (χ1v) is 12.6. The number of benzene rings is 2. The number of nitrogens with zero attached hydrogens (tertiary/aromatic N) is 3. The number of ether oxygens (including phenoxy) is 1. The Hall–Kier alpha value is -3.49. The van der Waals surface area contributed by atoms with Crippen molar-refractivity contribution in [1.29, 1.82) is 0 Å². The van der Waals surface area contributed by atoms with Crippen molar-refractivity contribution >= 4 is 34.1 Å². The molecular weight excluding hydrogens is 454 g/mol. The molecule has 2 N–H and O–H groups in total. The summed E-state index contributed by atoms with van der Waals surface area (Å²) in [6.07, 6.45) is 2.19. The van der Waals surface area contributed by atoms with E-state index in [0.29, 0.717) is 25.4 Å². The fourth-order valence-corrected chi connectivity index (χ4v) is 5.22. The van der Waals surface area contributed by atoms with Crippen LogP contribution in [0.1, 0.15) is 29.3 Å². The second kappa shape index (κ2) is 10.6. The molecular formula is C28H33N5O3. The zero-order chi connectivity index (χ0) is 25.1. The Labute approximate surface area is 211 Å². The smallest absolute Gasteiger partial charge is 0.313 e. The Balaban J connectivity index is 1.31. The van der Waals surface area contributed by atoms with E-state index in [1.165, 1.54) is 11.3 Å². The van der Waals surface area contributed by atoms with Crippen molar-refractivity contribution in [2.45, 2.75) is 25.8 Å². The van der Waals surface area contributed by atoms with Crippen LogP contribution in [0.3, 0.4) is 0 Å². The van der Waals surface area contributed by atoms with Gasteiger partial charge in [0.25, 0.3) is 0 Å². The Morgan fingerprint density at radius 1 is 1.06 bits per heavy atom. The fraction of sp³-hybridized carbons (Fsp3) is 0.393. The van der Waals surface area contributed by atoms with Crippen LogP contribution < -0.4 is 15.5 Å². The van der Waals surface area contributed by atoms with Gasteiger partial charge in [0, 0.05) is 50.0 Å². The molecule has 2 aliphatic rings. The molecule has 1 saturated heterocycles. The van der Waals surface area contributed by atoms with Gasteiger partial charge in [-0.05, 0) is 49.1 Å². The Morgan fingerprint density at radius 2 is 1.86 bits per heavy atom. The SMILES string of the molecule is Cc1cc(NC(=O)C(=O)NCC(c2ccc3c(c2)CCCN3C)N2CCOCC2)c2ccccc2n1. The number of carbonyl (C=O) groups excluding carboxylic acids is 2. The van der Waals surface area contributed by atoms with Gasteiger partial charge in [-0.3, -0.25) is 19.5 Å². The largest absolute Gasteiger partial charge is 0.379 e. The summed E-state index contributed by atoms with van der Waals surface area (Å²) in [6, 6.07) is 15.9. The molecule has 1 unspecified atom stereocenters. The van der Waals surface area contributed by atoms with Gasteiger partial charge in [-0.1, -0.05) is 30.3 Å². The topological polar surface area (TPSA) is 86.8 Å². The lowest BCUT2D eigenvalue weighted by Crippen LogP contribution is -2.45. The van der Waals surface area contributed by atoms with Gasteiger partial charge in [0.05, 0.1) is 30.5 Å². The highest BCUT2D eigenvalue weighted by Gasteiger charge is 2.26. The molecule has 188 valence electrons. The summed E-state index contributed by atoms with van der Waals surface area (Å²) < 4.78 is 5.56. The van der Waals surface area contributed by atoms with Crippen molar-refractivity contribution < 1.29 is 14.3 Å². The molecule has 0 spiro atoms. The molecule has 3 heterocycles. The number of hydrogen-bond acceptors (Lipinski definition) is 6. The molecule has 0 bridgehead atoms. The molecule has 5 rings (SSSR count). The first-order valence-electron chi connectivity index (χ1n) is 12.6. The van der Waals surface area contributed by atoms with Crippen molar-refractivity contribution in [2.24, 2.45) is 0 Å². The van der Waals surface area contributed by atoms with Crippen molar-refractivity contribution in [3.63, 3.8) is 0 Å². The Bertz CT molecular complexity index is 1270. The summed E-state index contributed by atoms with van der Waals surface area (Å²) in [7, 11) is 2.13. The normalized spacial score (nSPS) is 16.9. The van der Waals surface area contributed by atoms with Gasteiger partial charge in [-0.2, -0.15) is 0 Å². The van der Waals surface area contributed by atoms with Gasteiger partial charge >= 0.3 is 11.8 Å². The standard InChI is InChI=1S/C28H33N5O3/c1-19-16-24(22-7-3-4-8-23(22)30-19)31-28(35)27(34)29-18-26(33-12-14-36-15-13-33)21-9-10-25-20(17-21)6-5-11-32(25)2/h3-4,7-10,16-17,26H,5-6,11-15,18H2,1-2H3,(H,29,34)(H,30,31,35). The second-order valence-corrected chi connectivity index (χ2v) is 9.57. The minimum Gasteiger partial charge on any atom is -0.379 e. The first-order chi connectivity index (χ1) is 17.5. The van der Waals surface area contributed by atoms with E-state index in [9.17, 15) is 9.59 Å². The number of fused-ring (bicyclic) bond motifs is 2. The third-order valence-corrected chi connectivity index (χ3v) is 7.08. The van der Waals surface area contributed by atoms with E-state index in [1.54, 1.807) is 6.07 Å². The van der Waals surface area contributed by atoms with Crippen LogP contribution in [-0.4, -0.2) is 68.1 Å². The number of carbonyl (C=O) groups is 2. The van der Waals surface area contributed by atoms with Crippen molar-refractivity contribution in [3.8, 4) is 0 Å². The maximum absolute atomic E-state index is 12.9. The lowest BCUT2D eigenvalue weighted by molar-refractivity contribution is -0.136. The minimum absolute atomic E-state index is 0.0350. The highest BCUT2D eigenvalue weighted by Crippen LogP contribution is 2.31. The number of anilines is 2. The zero-order valence-electron chi connectivity index (χ0n) is 20.9. The third-order valence-electron chi connectivity index (χ3n) is 7.08. The van der Waals surface area contributed by atoms with Crippen molar-refractivity contribution in [2.75, 3.05) is 56.7 Å². The van der Waals surface area contributed by atoms with Crippen LogP contribution in [0.5, 0.6) is 0 Å². The van der Waals surface area contributed by atoms with Gasteiger partial charge in [-0.25, -0.2) is 0 Å². The molecule has 8 heteroatoms. The average molecular weight is 488 g/mol. The molecule has 1 atom stereocenters. The predicted molar refractivity (Wildman–Crippen MR) is 141 cm³/mol. The Kier molecular flexibility index (Phi) is 7.16. The van der Waals surface area contributed by atoms with E-state index in [4.69, 9.17) is 4.74 Å². The summed E-state index contributed by atoms with van der Waals surface area (Å²) in [6.45, 7) is 6.16. The van der Waals surface area contributed by atoms with E-state index in [-0.39, 0.29) is 6.04 Å². The van der Waals surface area contributed by atoms with Crippen LogP contribution in [0.15, 0.2) is 48.5 Å². The van der Waals surface area contributed by atoms with E-state index < -0.39 is 11.8 Å². The summed E-state index contributed by atoms with van der Waals surface area (Å²) in [5, 5.41) is 6.48. The second-order valence-electron chi connectivity index (χ2n) is 9.57. The number of hydrogen-bond donors (Lipinski definition) is 2. The Morgan fingerprint density at radius 3 is 2.69 bits per heavy atom. The third kappa shape index (κ3) is 5.20. The number of aryl methyl sites for hydroxylation is 2. The average Bonchev–Trinajstić information content (AvgIpc) is 2.89. The lowest BCUT2D eigenvalue weighted by Gasteiger charge is -2.36. The molecule has 8 nitrogen and oxygen atoms in total. The monoisotopic (exact) mass is 487 g/mol. The van der Waals surface area contributed by atoms with Crippen molar-refractivity contribution in [1.82, 2.24) is 15.2 Å². The number of rotatable bonds is 5. The van der Waals surface area contributed by atoms with E-state index in [0.717, 1.165) is 54.6 Å². The molecule has 2 aromatic carbocycles. The van der Waals surface area contributed by atoms with E-state index in [2.05, 4.69) is 50.7 Å². The maximum Gasteiger partial charge on any atom is 0.313 e. The summed E-state index contributed by atoms with van der Waals surface area (Å²) in [4.78, 5) is 34.8. The molecule has 36 heavy (non-hydrogen) atoms. The molecule has 3 aromatic rings. The quantitative estimate of drug-likeness (QED) is 0.538. The highest BCUT2D eigenvalue weighted by molar-refractivity contribution is 6.40. The van der Waals surface area contributed by atoms with Gasteiger partial charge in [0.1, 0.15) is 0 Å². The van der Waals surface area contributed by atoms with Gasteiger partial charge in [-0.15, -0.1) is 0 Å². The molecule has 0 radical (unpaired) electrons. The summed E-state index contributed by atoms with van der Waals surface area (Å²) in [5.74, 6) is -1.33. The number of aromatic nitrogens is 1. The number of para-hydroxylation sites is 1. The van der Waals surface area contributed by atoms with Crippen LogP contribution in [-0.2, 0) is 20.7 Å². The highest BCUT2D eigenvalue weighted by atomic mass is 16.5. The number of morpholine rings is 1. The van der Waals surface area contributed by atoms with Crippen molar-refractivity contribution in [3.05, 3.63) is 65.4 Å². The molecule has 0 aliphatic carbocycles. The molecule has 2 aliphatic heterocycles. The maximum atomic E-state index is 12.9. The van der Waals surface area contributed by atoms with Gasteiger partial charge in [0.15, 0.2) is 0 Å². The van der Waals surface area contributed by atoms with Crippen LogP contribution in [0.25, 0.3) is 10.9 Å². The lowest BCUT2D eigenvalue weighted by atomic mass is 9.95. The van der Waals surface area contributed by atoms with Crippen LogP contribution in [0, 0.1) is 6.92 Å². The summed E-state index contributed by atoms with van der Waals surface area (Å²) in [5.41, 5.74) is 5.90. The summed E-state index contributed by atoms with van der Waals surface area (Å²) >= 11 is 0. The fourth-order valence-electron chi connectivity index (χ4n) is 5.22. The minimum atomic E-state index is -0.682. The zero-order valence-corrected chi connectivity index (χ0v) is 20.9. The van der Waals surface area contributed by atoms with Gasteiger partial charge in [0.2, 0.25) is 0 Å². The van der Waals surface area contributed by atoms with Crippen LogP contribution in [0.4, 0.5) is 11.4 Å². The number of amides is 2. The number of pyridine rings is 1.